The van der Waals surface area contributed by atoms with E-state index in [-0.39, 0.29) is 6.54 Å². The molecule has 0 heterocycles. The number of likely N-dealkylation sites (N-methyl/N-ethyl adjacent to an activating group) is 1. The van der Waals surface area contributed by atoms with Crippen molar-refractivity contribution in [2.75, 3.05) is 27.2 Å². The second kappa shape index (κ2) is 8.31. The molecule has 0 atom stereocenters. The largest absolute Gasteiger partial charge is 0.416 e. The Labute approximate surface area is 141 Å². The van der Waals surface area contributed by atoms with Crippen LogP contribution in [0.15, 0.2) is 54.6 Å². The summed E-state index contributed by atoms with van der Waals surface area (Å²) in [6.07, 6.45) is -4.32. The van der Waals surface area contributed by atoms with Gasteiger partial charge in [-0.15, -0.1) is 0 Å². The van der Waals surface area contributed by atoms with E-state index in [1.165, 1.54) is 6.07 Å². The summed E-state index contributed by atoms with van der Waals surface area (Å²) in [5.74, 6) is 0. The minimum atomic E-state index is -4.32. The van der Waals surface area contributed by atoms with Crippen molar-refractivity contribution in [3.8, 4) is 0 Å². The molecule has 0 unspecified atom stereocenters. The van der Waals surface area contributed by atoms with Crippen LogP contribution in [-0.4, -0.2) is 37.0 Å². The highest BCUT2D eigenvalue weighted by Gasteiger charge is 2.33. The Kier molecular flexibility index (Phi) is 6.40. The molecule has 24 heavy (non-hydrogen) atoms. The molecule has 0 saturated carbocycles. The van der Waals surface area contributed by atoms with E-state index in [2.05, 4.69) is 4.90 Å². The Morgan fingerprint density at radius 1 is 0.792 bits per heavy atom. The van der Waals surface area contributed by atoms with Gasteiger partial charge in [0.25, 0.3) is 0 Å². The molecule has 2 rings (SSSR count). The van der Waals surface area contributed by atoms with Gasteiger partial charge >= 0.3 is 6.18 Å². The van der Waals surface area contributed by atoms with Crippen molar-refractivity contribution in [3.05, 3.63) is 71.3 Å². The second-order valence-corrected chi connectivity index (χ2v) is 6.15. The van der Waals surface area contributed by atoms with E-state index >= 15 is 0 Å². The van der Waals surface area contributed by atoms with Crippen LogP contribution in [0.1, 0.15) is 16.7 Å². The average molecular weight is 336 g/mol. The number of benzene rings is 2. The molecule has 0 saturated heterocycles. The molecular weight excluding hydrogens is 313 g/mol. The first-order chi connectivity index (χ1) is 11.4. The highest BCUT2D eigenvalue weighted by molar-refractivity contribution is 5.29. The van der Waals surface area contributed by atoms with E-state index in [1.807, 2.05) is 49.3 Å². The number of hydrogen-bond acceptors (Lipinski definition) is 2. The van der Waals surface area contributed by atoms with Crippen LogP contribution in [-0.2, 0) is 19.3 Å². The van der Waals surface area contributed by atoms with Gasteiger partial charge < -0.3 is 4.90 Å². The molecule has 130 valence electrons. The maximum atomic E-state index is 13.2. The van der Waals surface area contributed by atoms with Gasteiger partial charge in [-0.25, -0.2) is 0 Å². The molecule has 5 heteroatoms. The Balaban J connectivity index is 2.19. The summed E-state index contributed by atoms with van der Waals surface area (Å²) in [5, 5.41) is 0. The predicted octanol–water partition coefficient (Wildman–Crippen LogP) is 4.27. The van der Waals surface area contributed by atoms with Gasteiger partial charge in [-0.05, 0) is 31.3 Å². The van der Waals surface area contributed by atoms with Crippen molar-refractivity contribution >= 4 is 0 Å². The minimum absolute atomic E-state index is 0.276. The molecule has 2 aromatic rings. The minimum Gasteiger partial charge on any atom is -0.308 e. The van der Waals surface area contributed by atoms with Crippen molar-refractivity contribution in [2.24, 2.45) is 0 Å². The maximum Gasteiger partial charge on any atom is 0.416 e. The van der Waals surface area contributed by atoms with E-state index in [9.17, 15) is 13.2 Å². The number of alkyl halides is 3. The van der Waals surface area contributed by atoms with Gasteiger partial charge in [-0.1, -0.05) is 48.5 Å². The summed E-state index contributed by atoms with van der Waals surface area (Å²) < 4.78 is 39.6. The first kappa shape index (κ1) is 18.5. The highest BCUT2D eigenvalue weighted by atomic mass is 19.4. The number of rotatable bonds is 7. The van der Waals surface area contributed by atoms with Crippen molar-refractivity contribution in [2.45, 2.75) is 19.3 Å². The summed E-state index contributed by atoms with van der Waals surface area (Å²) in [6.45, 7) is 2.40. The summed E-state index contributed by atoms with van der Waals surface area (Å²) in [6, 6.07) is 15.7. The van der Waals surface area contributed by atoms with Crippen LogP contribution < -0.4 is 0 Å². The Bertz CT molecular complexity index is 624. The van der Waals surface area contributed by atoms with Gasteiger partial charge in [-0.3, -0.25) is 4.90 Å². The summed E-state index contributed by atoms with van der Waals surface area (Å²) >= 11 is 0. The van der Waals surface area contributed by atoms with Gasteiger partial charge in [0.15, 0.2) is 0 Å². The van der Waals surface area contributed by atoms with Crippen LogP contribution in [0.25, 0.3) is 0 Å². The molecule has 0 bridgehead atoms. The van der Waals surface area contributed by atoms with Crippen molar-refractivity contribution in [1.82, 2.24) is 9.80 Å². The third-order valence-corrected chi connectivity index (χ3v) is 3.83. The molecule has 2 aromatic carbocycles. The molecule has 0 aromatic heterocycles. The lowest BCUT2D eigenvalue weighted by atomic mass is 10.1. The molecule has 0 aliphatic rings. The van der Waals surface area contributed by atoms with Crippen LogP contribution in [0, 0.1) is 0 Å². The lowest BCUT2D eigenvalue weighted by Crippen LogP contribution is -2.31. The van der Waals surface area contributed by atoms with Gasteiger partial charge in [0.2, 0.25) is 0 Å². The molecule has 0 N–H and O–H groups in total. The van der Waals surface area contributed by atoms with Crippen LogP contribution >= 0.6 is 0 Å². The van der Waals surface area contributed by atoms with Crippen LogP contribution in [0.4, 0.5) is 13.2 Å². The molecule has 0 aliphatic heterocycles. The Morgan fingerprint density at radius 2 is 1.42 bits per heavy atom. The van der Waals surface area contributed by atoms with Crippen molar-refractivity contribution < 1.29 is 13.2 Å². The lowest BCUT2D eigenvalue weighted by molar-refractivity contribution is -0.138. The van der Waals surface area contributed by atoms with Gasteiger partial charge in [0.05, 0.1) is 5.56 Å². The molecule has 0 aliphatic carbocycles. The van der Waals surface area contributed by atoms with Gasteiger partial charge in [-0.2, -0.15) is 13.2 Å². The quantitative estimate of drug-likeness (QED) is 0.745. The van der Waals surface area contributed by atoms with E-state index in [4.69, 9.17) is 0 Å². The SMILES string of the molecule is CN(C)CCN(Cc1ccccc1)Cc1ccccc1C(F)(F)F. The summed E-state index contributed by atoms with van der Waals surface area (Å²) in [7, 11) is 3.93. The fraction of sp³-hybridized carbons (Fsp3) is 0.368. The topological polar surface area (TPSA) is 6.48 Å². The van der Waals surface area contributed by atoms with Gasteiger partial charge in [0, 0.05) is 26.2 Å². The van der Waals surface area contributed by atoms with Gasteiger partial charge in [0.1, 0.15) is 0 Å². The maximum absolute atomic E-state index is 13.2. The smallest absolute Gasteiger partial charge is 0.308 e. The van der Waals surface area contributed by atoms with E-state index in [0.29, 0.717) is 18.7 Å². The lowest BCUT2D eigenvalue weighted by Gasteiger charge is -2.25. The molecule has 0 spiro atoms. The molecule has 0 amide bonds. The first-order valence-corrected chi connectivity index (χ1v) is 7.92. The molecular formula is C19H23F3N2. The van der Waals surface area contributed by atoms with Crippen LogP contribution in [0.3, 0.4) is 0 Å². The second-order valence-electron chi connectivity index (χ2n) is 6.15. The highest BCUT2D eigenvalue weighted by Crippen LogP contribution is 2.32. The fourth-order valence-electron chi connectivity index (χ4n) is 2.57. The van der Waals surface area contributed by atoms with Crippen LogP contribution in [0.2, 0.25) is 0 Å². The number of halogens is 3. The molecule has 0 radical (unpaired) electrons. The molecule has 0 fully saturated rings. The standard InChI is InChI=1S/C19H23F3N2/c1-23(2)12-13-24(14-16-8-4-3-5-9-16)15-17-10-6-7-11-18(17)19(20,21)22/h3-11H,12-15H2,1-2H3. The number of hydrogen-bond donors (Lipinski definition) is 0. The van der Waals surface area contributed by atoms with E-state index in [1.54, 1.807) is 12.1 Å². The summed E-state index contributed by atoms with van der Waals surface area (Å²) in [4.78, 5) is 4.09. The third kappa shape index (κ3) is 5.65. The Hall–Kier alpha value is -1.85. The normalized spacial score (nSPS) is 12.1. The van der Waals surface area contributed by atoms with E-state index in [0.717, 1.165) is 18.2 Å². The predicted molar refractivity (Wildman–Crippen MR) is 90.6 cm³/mol. The number of nitrogens with zero attached hydrogens (tertiary/aromatic N) is 2. The average Bonchev–Trinajstić information content (AvgIpc) is 2.53. The van der Waals surface area contributed by atoms with Crippen molar-refractivity contribution in [1.29, 1.82) is 0 Å². The third-order valence-electron chi connectivity index (χ3n) is 3.83. The monoisotopic (exact) mass is 336 g/mol. The Morgan fingerprint density at radius 3 is 2.04 bits per heavy atom. The fourth-order valence-corrected chi connectivity index (χ4v) is 2.57. The summed E-state index contributed by atoms with van der Waals surface area (Å²) in [5.41, 5.74) is 0.869. The first-order valence-electron chi connectivity index (χ1n) is 7.92. The molecule has 2 nitrogen and oxygen atoms in total. The zero-order valence-corrected chi connectivity index (χ0v) is 14.1. The van der Waals surface area contributed by atoms with Crippen LogP contribution in [0.5, 0.6) is 0 Å². The van der Waals surface area contributed by atoms with Crippen molar-refractivity contribution in [3.63, 3.8) is 0 Å². The zero-order chi connectivity index (χ0) is 17.6. The zero-order valence-electron chi connectivity index (χ0n) is 14.1. The van der Waals surface area contributed by atoms with E-state index < -0.39 is 11.7 Å².